The van der Waals surface area contributed by atoms with Crippen LogP contribution in [-0.4, -0.2) is 63.3 Å². The van der Waals surface area contributed by atoms with Crippen molar-refractivity contribution in [2.45, 2.75) is 70.4 Å². The van der Waals surface area contributed by atoms with Crippen molar-refractivity contribution < 1.29 is 19.1 Å². The standard InChI is InChI=1S/C29H36N4O4/c1-22(36-28-9-3-5-18-35-28)29-30-14-17-33(29)20-25-19-27(37-31-25)24-12-10-23(11-13-24)7-2-4-15-32-16-6-8-26(32)21-34/h10-14,17,19,22,26,28,34H,3-6,8-9,15-16,18,20-21H2,1H3/t22-,26-,28?/m0/s1. The highest BCUT2D eigenvalue weighted by Gasteiger charge is 2.23. The zero-order valence-electron chi connectivity index (χ0n) is 21.5. The highest BCUT2D eigenvalue weighted by atomic mass is 16.7. The van der Waals surface area contributed by atoms with Gasteiger partial charge >= 0.3 is 0 Å². The molecular formula is C29H36N4O4. The van der Waals surface area contributed by atoms with Gasteiger partial charge in [-0.2, -0.15) is 0 Å². The predicted molar refractivity (Wildman–Crippen MR) is 140 cm³/mol. The molecule has 8 nitrogen and oxygen atoms in total. The summed E-state index contributed by atoms with van der Waals surface area (Å²) in [6.07, 6.45) is 9.58. The molecule has 3 atom stereocenters. The van der Waals surface area contributed by atoms with Gasteiger partial charge in [-0.15, -0.1) is 0 Å². The second-order valence-corrected chi connectivity index (χ2v) is 9.81. The van der Waals surface area contributed by atoms with E-state index in [1.165, 1.54) is 0 Å². The zero-order valence-corrected chi connectivity index (χ0v) is 21.5. The van der Waals surface area contributed by atoms with Crippen LogP contribution in [0, 0.1) is 11.8 Å². The average molecular weight is 505 g/mol. The molecule has 2 aliphatic heterocycles. The number of aliphatic hydroxyl groups is 1. The molecule has 4 heterocycles. The molecule has 0 saturated carbocycles. The van der Waals surface area contributed by atoms with Gasteiger partial charge in [-0.3, -0.25) is 4.90 Å². The van der Waals surface area contributed by atoms with Gasteiger partial charge in [0.15, 0.2) is 12.1 Å². The lowest BCUT2D eigenvalue weighted by Gasteiger charge is -2.26. The van der Waals surface area contributed by atoms with E-state index in [9.17, 15) is 5.11 Å². The molecule has 3 aromatic rings. The van der Waals surface area contributed by atoms with Gasteiger partial charge in [0.25, 0.3) is 0 Å². The van der Waals surface area contributed by atoms with E-state index in [4.69, 9.17) is 14.0 Å². The number of ether oxygens (including phenoxy) is 2. The maximum atomic E-state index is 9.44. The van der Waals surface area contributed by atoms with Crippen LogP contribution in [0.1, 0.15) is 68.6 Å². The van der Waals surface area contributed by atoms with E-state index < -0.39 is 0 Å². The fourth-order valence-corrected chi connectivity index (χ4v) is 5.10. The first kappa shape index (κ1) is 25.7. The highest BCUT2D eigenvalue weighted by molar-refractivity contribution is 5.59. The largest absolute Gasteiger partial charge is 0.395 e. The van der Waals surface area contributed by atoms with Crippen LogP contribution < -0.4 is 0 Å². The molecule has 2 aromatic heterocycles. The Morgan fingerprint density at radius 2 is 2.08 bits per heavy atom. The third-order valence-corrected chi connectivity index (χ3v) is 7.13. The quantitative estimate of drug-likeness (QED) is 0.433. The second-order valence-electron chi connectivity index (χ2n) is 9.81. The Hall–Kier alpha value is -2.96. The smallest absolute Gasteiger partial charge is 0.167 e. The molecule has 0 aliphatic carbocycles. The number of hydrogen-bond acceptors (Lipinski definition) is 7. The molecule has 0 radical (unpaired) electrons. The van der Waals surface area contributed by atoms with E-state index in [1.807, 2.05) is 48.0 Å². The normalized spacial score (nSPS) is 21.0. The third-order valence-electron chi connectivity index (χ3n) is 7.13. The number of hydrogen-bond donors (Lipinski definition) is 1. The Labute approximate surface area is 218 Å². The first-order chi connectivity index (χ1) is 18.2. The van der Waals surface area contributed by atoms with Gasteiger partial charge in [0.1, 0.15) is 17.6 Å². The molecule has 1 aromatic carbocycles. The van der Waals surface area contributed by atoms with E-state index in [1.54, 1.807) is 6.20 Å². The van der Waals surface area contributed by atoms with Gasteiger partial charge in [-0.25, -0.2) is 4.98 Å². The van der Waals surface area contributed by atoms with E-state index in [2.05, 4.69) is 26.9 Å². The summed E-state index contributed by atoms with van der Waals surface area (Å²) in [5.74, 6) is 8.08. The van der Waals surface area contributed by atoms with Crippen molar-refractivity contribution >= 4 is 0 Å². The van der Waals surface area contributed by atoms with E-state index >= 15 is 0 Å². The molecular weight excluding hydrogens is 468 g/mol. The molecule has 37 heavy (non-hydrogen) atoms. The van der Waals surface area contributed by atoms with Crippen LogP contribution in [0.4, 0.5) is 0 Å². The zero-order chi connectivity index (χ0) is 25.5. The summed E-state index contributed by atoms with van der Waals surface area (Å²) < 4.78 is 19.5. The van der Waals surface area contributed by atoms with Gasteiger partial charge < -0.3 is 23.7 Å². The minimum atomic E-state index is -0.176. The maximum absolute atomic E-state index is 9.44. The number of imidazole rings is 1. The number of nitrogens with zero attached hydrogens (tertiary/aromatic N) is 4. The van der Waals surface area contributed by atoms with Crippen LogP contribution in [0.3, 0.4) is 0 Å². The Morgan fingerprint density at radius 1 is 1.19 bits per heavy atom. The lowest BCUT2D eigenvalue weighted by atomic mass is 10.1. The lowest BCUT2D eigenvalue weighted by Crippen LogP contribution is -2.32. The number of benzene rings is 1. The minimum Gasteiger partial charge on any atom is -0.395 e. The number of aromatic nitrogens is 3. The summed E-state index contributed by atoms with van der Waals surface area (Å²) in [5.41, 5.74) is 2.76. The first-order valence-corrected chi connectivity index (χ1v) is 13.4. The number of aliphatic hydroxyl groups excluding tert-OH is 1. The van der Waals surface area contributed by atoms with Gasteiger partial charge in [0.2, 0.25) is 0 Å². The van der Waals surface area contributed by atoms with Crippen molar-refractivity contribution in [1.82, 2.24) is 19.6 Å². The molecule has 0 amide bonds. The lowest BCUT2D eigenvalue weighted by molar-refractivity contribution is -0.188. The predicted octanol–water partition coefficient (Wildman–Crippen LogP) is 4.39. The number of likely N-dealkylation sites (tertiary alicyclic amines) is 1. The Bertz CT molecular complexity index is 1190. The Kier molecular flexibility index (Phi) is 8.69. The van der Waals surface area contributed by atoms with Crippen LogP contribution in [0.15, 0.2) is 47.2 Å². The monoisotopic (exact) mass is 504 g/mol. The van der Waals surface area contributed by atoms with E-state index in [0.29, 0.717) is 12.6 Å². The molecule has 8 heteroatoms. The molecule has 2 fully saturated rings. The maximum Gasteiger partial charge on any atom is 0.167 e. The van der Waals surface area contributed by atoms with Gasteiger partial charge in [0.05, 0.1) is 13.2 Å². The fourth-order valence-electron chi connectivity index (χ4n) is 5.10. The van der Waals surface area contributed by atoms with Crippen LogP contribution >= 0.6 is 0 Å². The van der Waals surface area contributed by atoms with E-state index in [-0.39, 0.29) is 19.0 Å². The molecule has 0 spiro atoms. The molecule has 5 rings (SSSR count). The van der Waals surface area contributed by atoms with E-state index in [0.717, 1.165) is 86.6 Å². The van der Waals surface area contributed by atoms with Crippen LogP contribution in [-0.2, 0) is 16.0 Å². The summed E-state index contributed by atoms with van der Waals surface area (Å²) in [5, 5.41) is 13.7. The van der Waals surface area contributed by atoms with Gasteiger partial charge in [-0.1, -0.05) is 17.0 Å². The summed E-state index contributed by atoms with van der Waals surface area (Å²) in [6.45, 7) is 5.53. The molecule has 1 N–H and O–H groups in total. The molecule has 196 valence electrons. The minimum absolute atomic E-state index is 0.163. The van der Waals surface area contributed by atoms with Crippen LogP contribution in [0.25, 0.3) is 11.3 Å². The van der Waals surface area contributed by atoms with Crippen molar-refractivity contribution in [2.75, 3.05) is 26.3 Å². The van der Waals surface area contributed by atoms with Crippen LogP contribution in [0.2, 0.25) is 0 Å². The fraction of sp³-hybridized carbons (Fsp3) is 0.517. The van der Waals surface area contributed by atoms with Crippen molar-refractivity contribution in [3.05, 3.63) is 59.8 Å². The van der Waals surface area contributed by atoms with Crippen molar-refractivity contribution in [3.8, 4) is 23.2 Å². The van der Waals surface area contributed by atoms with Crippen molar-refractivity contribution in [2.24, 2.45) is 0 Å². The van der Waals surface area contributed by atoms with Crippen molar-refractivity contribution in [1.29, 1.82) is 0 Å². The summed E-state index contributed by atoms with van der Waals surface area (Å²) >= 11 is 0. The molecule has 0 bridgehead atoms. The topological polar surface area (TPSA) is 85.8 Å². The van der Waals surface area contributed by atoms with Crippen molar-refractivity contribution in [3.63, 3.8) is 0 Å². The van der Waals surface area contributed by atoms with Gasteiger partial charge in [0, 0.05) is 55.2 Å². The van der Waals surface area contributed by atoms with Crippen LogP contribution in [0.5, 0.6) is 0 Å². The molecule has 2 saturated heterocycles. The first-order valence-electron chi connectivity index (χ1n) is 13.4. The Balaban J connectivity index is 1.15. The Morgan fingerprint density at radius 3 is 2.89 bits per heavy atom. The van der Waals surface area contributed by atoms with Gasteiger partial charge in [-0.05, 0) is 69.8 Å². The third kappa shape index (κ3) is 6.68. The summed E-state index contributed by atoms with van der Waals surface area (Å²) in [6, 6.07) is 10.3. The second kappa shape index (κ2) is 12.5. The SMILES string of the molecule is C[C@H](OC1CCCCO1)c1nccn1Cc1cc(-c2ccc(C#CCCN3CCC[C@H]3CO)cc2)on1. The number of rotatable bonds is 9. The molecule has 1 unspecified atom stereocenters. The molecule has 2 aliphatic rings. The highest BCUT2D eigenvalue weighted by Crippen LogP contribution is 2.25. The average Bonchev–Trinajstić information content (AvgIpc) is 3.69. The summed E-state index contributed by atoms with van der Waals surface area (Å²) in [4.78, 5) is 6.85. The summed E-state index contributed by atoms with van der Waals surface area (Å²) in [7, 11) is 0.